The van der Waals surface area contributed by atoms with Gasteiger partial charge in [-0.2, -0.15) is 0 Å². The Kier molecular flexibility index (Phi) is 3.91. The summed E-state index contributed by atoms with van der Waals surface area (Å²) in [6, 6.07) is 1.23. The maximum atomic E-state index is 6.26. The maximum absolute atomic E-state index is 6.26. The molecule has 4 unspecified atom stereocenters. The van der Waals surface area contributed by atoms with Crippen LogP contribution in [0.15, 0.2) is 0 Å². The minimum Gasteiger partial charge on any atom is -0.327 e. The zero-order valence-electron chi connectivity index (χ0n) is 11.2. The third kappa shape index (κ3) is 2.60. The number of nitrogens with two attached hydrogens (primary N) is 1. The number of likely N-dealkylation sites (tertiary alicyclic amines) is 1. The van der Waals surface area contributed by atoms with Crippen LogP contribution in [-0.4, -0.2) is 30.1 Å². The predicted octanol–water partition coefficient (Wildman–Crippen LogP) is 2.48. The van der Waals surface area contributed by atoms with Gasteiger partial charge >= 0.3 is 0 Å². The van der Waals surface area contributed by atoms with Crippen LogP contribution in [0.2, 0.25) is 0 Å². The lowest BCUT2D eigenvalue weighted by atomic mass is 9.78. The Morgan fingerprint density at radius 3 is 2.56 bits per heavy atom. The minimum atomic E-state index is 0.481. The number of hydrogen-bond donors (Lipinski definition) is 1. The average Bonchev–Trinajstić information content (AvgIpc) is 2.61. The van der Waals surface area contributed by atoms with Gasteiger partial charge in [0, 0.05) is 25.2 Å². The summed E-state index contributed by atoms with van der Waals surface area (Å²) in [5, 5.41) is 0. The summed E-state index contributed by atoms with van der Waals surface area (Å²) in [6.45, 7) is 9.62. The summed E-state index contributed by atoms with van der Waals surface area (Å²) >= 11 is 0. The minimum absolute atomic E-state index is 0.481. The van der Waals surface area contributed by atoms with Gasteiger partial charge in [0.25, 0.3) is 0 Å². The Morgan fingerprint density at radius 1 is 1.19 bits per heavy atom. The monoisotopic (exact) mass is 224 g/mol. The molecule has 0 aromatic carbocycles. The van der Waals surface area contributed by atoms with Crippen LogP contribution in [0.1, 0.15) is 46.5 Å². The second kappa shape index (κ2) is 5.05. The standard InChI is InChI=1S/C14H28N2/c1-10(2)7-11(3)16-8-12-5-4-6-14(15)13(12)9-16/h10-14H,4-9,15H2,1-3H3. The van der Waals surface area contributed by atoms with Gasteiger partial charge in [0.05, 0.1) is 0 Å². The van der Waals surface area contributed by atoms with Crippen molar-refractivity contribution < 1.29 is 0 Å². The lowest BCUT2D eigenvalue weighted by Gasteiger charge is -2.30. The van der Waals surface area contributed by atoms with Gasteiger partial charge in [0.1, 0.15) is 0 Å². The highest BCUT2D eigenvalue weighted by atomic mass is 15.2. The molecule has 2 rings (SSSR count). The van der Waals surface area contributed by atoms with E-state index in [0.717, 1.165) is 23.8 Å². The molecular weight excluding hydrogens is 196 g/mol. The SMILES string of the molecule is CC(C)CC(C)N1CC2CCCC(N)C2C1. The van der Waals surface area contributed by atoms with Crippen molar-refractivity contribution in [1.29, 1.82) is 0 Å². The van der Waals surface area contributed by atoms with Crippen molar-refractivity contribution in [1.82, 2.24) is 4.90 Å². The van der Waals surface area contributed by atoms with Crippen molar-refractivity contribution in [2.75, 3.05) is 13.1 Å². The second-order valence-corrected chi connectivity index (χ2v) is 6.45. The summed E-state index contributed by atoms with van der Waals surface area (Å²) in [4.78, 5) is 2.69. The van der Waals surface area contributed by atoms with E-state index in [1.54, 1.807) is 0 Å². The topological polar surface area (TPSA) is 29.3 Å². The molecule has 1 saturated carbocycles. The number of fused-ring (bicyclic) bond motifs is 1. The Morgan fingerprint density at radius 2 is 1.94 bits per heavy atom. The fourth-order valence-electron chi connectivity index (χ4n) is 3.74. The molecule has 2 nitrogen and oxygen atoms in total. The first-order valence-electron chi connectivity index (χ1n) is 7.07. The normalized spacial score (nSPS) is 37.7. The molecule has 2 aliphatic rings. The van der Waals surface area contributed by atoms with Gasteiger partial charge in [-0.15, -0.1) is 0 Å². The van der Waals surface area contributed by atoms with E-state index in [0.29, 0.717) is 6.04 Å². The van der Waals surface area contributed by atoms with Crippen molar-refractivity contribution in [3.63, 3.8) is 0 Å². The first-order chi connectivity index (χ1) is 7.58. The lowest BCUT2D eigenvalue weighted by Crippen LogP contribution is -2.38. The summed E-state index contributed by atoms with van der Waals surface area (Å²) < 4.78 is 0. The van der Waals surface area contributed by atoms with Crippen LogP contribution in [0.3, 0.4) is 0 Å². The highest BCUT2D eigenvalue weighted by Crippen LogP contribution is 2.36. The molecule has 0 spiro atoms. The predicted molar refractivity (Wildman–Crippen MR) is 69.3 cm³/mol. The summed E-state index contributed by atoms with van der Waals surface area (Å²) in [6.07, 6.45) is 5.36. The molecule has 0 amide bonds. The smallest absolute Gasteiger partial charge is 0.00825 e. The van der Waals surface area contributed by atoms with Crippen LogP contribution < -0.4 is 5.73 Å². The number of rotatable bonds is 3. The van der Waals surface area contributed by atoms with Gasteiger partial charge in [-0.3, -0.25) is 0 Å². The second-order valence-electron chi connectivity index (χ2n) is 6.45. The molecule has 16 heavy (non-hydrogen) atoms. The number of nitrogens with zero attached hydrogens (tertiary/aromatic N) is 1. The Bertz CT molecular complexity index is 227. The number of hydrogen-bond acceptors (Lipinski definition) is 2. The van der Waals surface area contributed by atoms with Crippen molar-refractivity contribution in [3.8, 4) is 0 Å². The van der Waals surface area contributed by atoms with Gasteiger partial charge < -0.3 is 10.6 Å². The molecule has 2 fully saturated rings. The molecule has 94 valence electrons. The van der Waals surface area contributed by atoms with E-state index < -0.39 is 0 Å². The van der Waals surface area contributed by atoms with E-state index in [-0.39, 0.29) is 0 Å². The average molecular weight is 224 g/mol. The van der Waals surface area contributed by atoms with Crippen molar-refractivity contribution >= 4 is 0 Å². The van der Waals surface area contributed by atoms with Crippen LogP contribution in [-0.2, 0) is 0 Å². The Labute approximate surface area is 101 Å². The molecule has 4 atom stereocenters. The van der Waals surface area contributed by atoms with E-state index >= 15 is 0 Å². The molecular formula is C14H28N2. The molecule has 1 aliphatic carbocycles. The van der Waals surface area contributed by atoms with E-state index in [2.05, 4.69) is 25.7 Å². The van der Waals surface area contributed by atoms with Crippen LogP contribution in [0, 0.1) is 17.8 Å². The van der Waals surface area contributed by atoms with E-state index in [1.807, 2.05) is 0 Å². The van der Waals surface area contributed by atoms with Gasteiger partial charge in [0.2, 0.25) is 0 Å². The fraction of sp³-hybridized carbons (Fsp3) is 1.00. The van der Waals surface area contributed by atoms with Crippen LogP contribution in [0.4, 0.5) is 0 Å². The fourth-order valence-corrected chi connectivity index (χ4v) is 3.74. The highest BCUT2D eigenvalue weighted by molar-refractivity contribution is 4.94. The van der Waals surface area contributed by atoms with E-state index in [4.69, 9.17) is 5.73 Å². The Balaban J connectivity index is 1.90. The quantitative estimate of drug-likeness (QED) is 0.798. The molecule has 1 aliphatic heterocycles. The molecule has 2 N–H and O–H groups in total. The molecule has 0 aromatic rings. The van der Waals surface area contributed by atoms with Gasteiger partial charge in [-0.1, -0.05) is 20.3 Å². The highest BCUT2D eigenvalue weighted by Gasteiger charge is 2.39. The molecule has 0 bridgehead atoms. The van der Waals surface area contributed by atoms with Crippen LogP contribution in [0.25, 0.3) is 0 Å². The summed E-state index contributed by atoms with van der Waals surface area (Å²) in [5.41, 5.74) is 6.26. The zero-order chi connectivity index (χ0) is 11.7. The van der Waals surface area contributed by atoms with Crippen molar-refractivity contribution in [2.45, 2.75) is 58.5 Å². The molecule has 1 heterocycles. The molecule has 0 aromatic heterocycles. The third-order valence-electron chi connectivity index (χ3n) is 4.62. The maximum Gasteiger partial charge on any atom is 0.00825 e. The van der Waals surface area contributed by atoms with Crippen molar-refractivity contribution in [2.24, 2.45) is 23.5 Å². The third-order valence-corrected chi connectivity index (χ3v) is 4.62. The zero-order valence-corrected chi connectivity index (χ0v) is 11.2. The van der Waals surface area contributed by atoms with Crippen LogP contribution in [0.5, 0.6) is 0 Å². The van der Waals surface area contributed by atoms with Gasteiger partial charge in [0.15, 0.2) is 0 Å². The van der Waals surface area contributed by atoms with Gasteiger partial charge in [-0.25, -0.2) is 0 Å². The summed E-state index contributed by atoms with van der Waals surface area (Å²) in [7, 11) is 0. The van der Waals surface area contributed by atoms with Gasteiger partial charge in [-0.05, 0) is 43.9 Å². The molecule has 0 radical (unpaired) electrons. The van der Waals surface area contributed by atoms with E-state index in [1.165, 1.54) is 38.8 Å². The Hall–Kier alpha value is -0.0800. The first kappa shape index (κ1) is 12.4. The van der Waals surface area contributed by atoms with E-state index in [9.17, 15) is 0 Å². The van der Waals surface area contributed by atoms with Crippen LogP contribution >= 0.6 is 0 Å². The largest absolute Gasteiger partial charge is 0.327 e. The summed E-state index contributed by atoms with van der Waals surface area (Å²) in [5.74, 6) is 2.51. The molecule has 1 saturated heterocycles. The first-order valence-corrected chi connectivity index (χ1v) is 7.07. The lowest BCUT2D eigenvalue weighted by molar-refractivity contribution is 0.216. The molecule has 2 heteroatoms. The van der Waals surface area contributed by atoms with Crippen molar-refractivity contribution in [3.05, 3.63) is 0 Å².